The first-order chi connectivity index (χ1) is 14.8. The van der Waals surface area contributed by atoms with Crippen molar-refractivity contribution < 1.29 is 13.2 Å². The second kappa shape index (κ2) is 8.45. The number of aryl methyl sites for hydroxylation is 1. The molecule has 0 fully saturated rings. The van der Waals surface area contributed by atoms with Gasteiger partial charge >= 0.3 is 0 Å². The fraction of sp³-hybridized carbons (Fsp3) is 0.0870. The van der Waals surface area contributed by atoms with Gasteiger partial charge in [-0.2, -0.15) is 0 Å². The van der Waals surface area contributed by atoms with Gasteiger partial charge in [0.2, 0.25) is 15.0 Å². The first kappa shape index (κ1) is 21.0. The van der Waals surface area contributed by atoms with Crippen LogP contribution in [0.25, 0.3) is 10.8 Å². The maximum atomic E-state index is 12.9. The Balaban J connectivity index is 1.65. The standard InChI is InChI=1S/C23H18ClN3O3S/c1-15-6-4-7-16(12-15)14-31(29,30)23-25-13-19(24)21(27-23)22(28)26-20-11-5-9-17-8-2-3-10-18(17)20/h2-13H,14H2,1H3,(H,26,28). The van der Waals surface area contributed by atoms with Crippen molar-refractivity contribution >= 4 is 43.8 Å². The third-order valence-electron chi connectivity index (χ3n) is 4.69. The number of nitrogens with zero attached hydrogens (tertiary/aromatic N) is 2. The third-order valence-corrected chi connectivity index (χ3v) is 6.44. The first-order valence-electron chi connectivity index (χ1n) is 9.43. The van der Waals surface area contributed by atoms with E-state index in [0.717, 1.165) is 22.5 Å². The number of aromatic nitrogens is 2. The fourth-order valence-electron chi connectivity index (χ4n) is 3.26. The van der Waals surface area contributed by atoms with Crippen LogP contribution in [0.4, 0.5) is 5.69 Å². The Morgan fingerprint density at radius 3 is 2.58 bits per heavy atom. The average Bonchev–Trinajstić information content (AvgIpc) is 2.74. The van der Waals surface area contributed by atoms with Crippen molar-refractivity contribution in [2.75, 3.05) is 5.32 Å². The number of benzene rings is 3. The number of sulfone groups is 1. The lowest BCUT2D eigenvalue weighted by atomic mass is 10.1. The van der Waals surface area contributed by atoms with E-state index in [1.165, 1.54) is 0 Å². The molecular formula is C23H18ClN3O3S. The minimum absolute atomic E-state index is 0.0350. The predicted molar refractivity (Wildman–Crippen MR) is 121 cm³/mol. The maximum absolute atomic E-state index is 12.9. The number of anilines is 1. The number of carbonyl (C=O) groups excluding carboxylic acids is 1. The minimum atomic E-state index is -3.87. The van der Waals surface area contributed by atoms with Gasteiger partial charge in [-0.05, 0) is 23.9 Å². The molecule has 0 saturated carbocycles. The number of carbonyl (C=O) groups is 1. The molecule has 0 aliphatic carbocycles. The zero-order valence-electron chi connectivity index (χ0n) is 16.5. The number of hydrogen-bond acceptors (Lipinski definition) is 5. The molecule has 31 heavy (non-hydrogen) atoms. The second-order valence-electron chi connectivity index (χ2n) is 7.08. The van der Waals surface area contributed by atoms with Crippen LogP contribution in [-0.2, 0) is 15.6 Å². The van der Waals surface area contributed by atoms with E-state index < -0.39 is 20.9 Å². The van der Waals surface area contributed by atoms with E-state index in [1.54, 1.807) is 24.3 Å². The van der Waals surface area contributed by atoms with Crippen LogP contribution in [-0.4, -0.2) is 24.3 Å². The summed E-state index contributed by atoms with van der Waals surface area (Å²) in [6.07, 6.45) is 1.13. The summed E-state index contributed by atoms with van der Waals surface area (Å²) < 4.78 is 25.7. The smallest absolute Gasteiger partial charge is 0.276 e. The molecule has 1 heterocycles. The largest absolute Gasteiger partial charge is 0.320 e. The Labute approximate surface area is 184 Å². The van der Waals surface area contributed by atoms with Crippen LogP contribution in [0.2, 0.25) is 5.02 Å². The number of rotatable bonds is 5. The molecule has 1 aromatic heterocycles. The number of fused-ring (bicyclic) bond motifs is 1. The van der Waals surface area contributed by atoms with Crippen molar-refractivity contribution in [3.8, 4) is 0 Å². The fourth-order valence-corrected chi connectivity index (χ4v) is 4.63. The summed E-state index contributed by atoms with van der Waals surface area (Å²) in [5.41, 5.74) is 1.93. The van der Waals surface area contributed by atoms with E-state index in [4.69, 9.17) is 11.6 Å². The van der Waals surface area contributed by atoms with Crippen molar-refractivity contribution in [2.45, 2.75) is 17.8 Å². The Morgan fingerprint density at radius 2 is 1.77 bits per heavy atom. The monoisotopic (exact) mass is 451 g/mol. The number of nitrogens with one attached hydrogen (secondary N) is 1. The Kier molecular flexibility index (Phi) is 5.71. The molecule has 3 aromatic carbocycles. The molecular weight excluding hydrogens is 434 g/mol. The predicted octanol–water partition coefficient (Wildman–Crippen LogP) is 4.82. The highest BCUT2D eigenvalue weighted by atomic mass is 35.5. The van der Waals surface area contributed by atoms with Crippen molar-refractivity contribution in [1.82, 2.24) is 9.97 Å². The average molecular weight is 452 g/mol. The summed E-state index contributed by atoms with van der Waals surface area (Å²) in [7, 11) is -3.87. The highest BCUT2D eigenvalue weighted by molar-refractivity contribution is 7.90. The summed E-state index contributed by atoms with van der Waals surface area (Å²) >= 11 is 6.13. The van der Waals surface area contributed by atoms with Gasteiger partial charge in [-0.15, -0.1) is 0 Å². The molecule has 4 aromatic rings. The third kappa shape index (κ3) is 4.57. The van der Waals surface area contributed by atoms with Crippen LogP contribution in [0, 0.1) is 6.92 Å². The lowest BCUT2D eigenvalue weighted by molar-refractivity contribution is 0.102. The minimum Gasteiger partial charge on any atom is -0.320 e. The molecule has 6 nitrogen and oxygen atoms in total. The molecule has 0 saturated heterocycles. The molecule has 0 radical (unpaired) electrons. The summed E-state index contributed by atoms with van der Waals surface area (Å²) in [4.78, 5) is 20.7. The molecule has 0 unspecified atom stereocenters. The van der Waals surface area contributed by atoms with Gasteiger partial charge in [0.05, 0.1) is 17.0 Å². The van der Waals surface area contributed by atoms with Crippen LogP contribution in [0.3, 0.4) is 0 Å². The number of hydrogen-bond donors (Lipinski definition) is 1. The van der Waals surface area contributed by atoms with Crippen LogP contribution >= 0.6 is 11.6 Å². The second-order valence-corrected chi connectivity index (χ2v) is 9.37. The molecule has 1 amide bonds. The van der Waals surface area contributed by atoms with E-state index >= 15 is 0 Å². The van der Waals surface area contributed by atoms with E-state index in [9.17, 15) is 13.2 Å². The molecule has 4 rings (SSSR count). The van der Waals surface area contributed by atoms with E-state index in [1.807, 2.05) is 49.4 Å². The zero-order valence-corrected chi connectivity index (χ0v) is 18.1. The number of amides is 1. The van der Waals surface area contributed by atoms with Gasteiger partial charge in [0.15, 0.2) is 5.69 Å². The van der Waals surface area contributed by atoms with Crippen molar-refractivity contribution in [3.63, 3.8) is 0 Å². The van der Waals surface area contributed by atoms with Gasteiger partial charge in [0, 0.05) is 11.1 Å². The van der Waals surface area contributed by atoms with Crippen LogP contribution in [0.1, 0.15) is 21.6 Å². The SMILES string of the molecule is Cc1cccc(CS(=O)(=O)c2ncc(Cl)c(C(=O)Nc3cccc4ccccc34)n2)c1. The molecule has 1 N–H and O–H groups in total. The summed E-state index contributed by atoms with van der Waals surface area (Å²) in [5.74, 6) is -0.892. The van der Waals surface area contributed by atoms with Gasteiger partial charge in [-0.3, -0.25) is 4.79 Å². The topological polar surface area (TPSA) is 89.0 Å². The van der Waals surface area contributed by atoms with E-state index in [0.29, 0.717) is 11.3 Å². The molecule has 0 aliphatic heterocycles. The van der Waals surface area contributed by atoms with Gasteiger partial charge < -0.3 is 5.32 Å². The summed E-state index contributed by atoms with van der Waals surface area (Å²) in [6.45, 7) is 1.88. The van der Waals surface area contributed by atoms with E-state index in [-0.39, 0.29) is 16.5 Å². The molecule has 0 aliphatic rings. The maximum Gasteiger partial charge on any atom is 0.276 e. The molecule has 0 bridgehead atoms. The number of halogens is 1. The van der Waals surface area contributed by atoms with Crippen molar-refractivity contribution in [3.05, 3.63) is 94.8 Å². The first-order valence-corrected chi connectivity index (χ1v) is 11.5. The highest BCUT2D eigenvalue weighted by Crippen LogP contribution is 2.25. The lowest BCUT2D eigenvalue weighted by Crippen LogP contribution is -2.18. The zero-order chi connectivity index (χ0) is 22.0. The Hall–Kier alpha value is -3.29. The molecule has 156 valence electrons. The Morgan fingerprint density at radius 1 is 1.03 bits per heavy atom. The quantitative estimate of drug-likeness (QED) is 0.439. The molecule has 0 spiro atoms. The van der Waals surface area contributed by atoms with Crippen molar-refractivity contribution in [1.29, 1.82) is 0 Å². The highest BCUT2D eigenvalue weighted by Gasteiger charge is 2.23. The van der Waals surface area contributed by atoms with E-state index in [2.05, 4.69) is 15.3 Å². The van der Waals surface area contributed by atoms with Gasteiger partial charge in [0.25, 0.3) is 5.91 Å². The normalized spacial score (nSPS) is 11.4. The lowest BCUT2D eigenvalue weighted by Gasteiger charge is -2.10. The van der Waals surface area contributed by atoms with Gasteiger partial charge in [0.1, 0.15) is 0 Å². The van der Waals surface area contributed by atoms with Crippen LogP contribution in [0.15, 0.2) is 78.1 Å². The summed E-state index contributed by atoms with van der Waals surface area (Å²) in [5, 5.41) is 4.09. The summed E-state index contributed by atoms with van der Waals surface area (Å²) in [6, 6.07) is 20.2. The molecule has 0 atom stereocenters. The van der Waals surface area contributed by atoms with Gasteiger partial charge in [-0.1, -0.05) is 77.8 Å². The van der Waals surface area contributed by atoms with Crippen molar-refractivity contribution in [2.24, 2.45) is 0 Å². The van der Waals surface area contributed by atoms with Crippen LogP contribution in [0.5, 0.6) is 0 Å². The van der Waals surface area contributed by atoms with Gasteiger partial charge in [-0.25, -0.2) is 18.4 Å². The Bertz CT molecular complexity index is 1400. The van der Waals surface area contributed by atoms with Crippen LogP contribution < -0.4 is 5.32 Å². The molecule has 8 heteroatoms.